The minimum atomic E-state index is -0.341. The third-order valence-electron chi connectivity index (χ3n) is 2.95. The number of allylic oxidation sites excluding steroid dienone is 2. The Hall–Kier alpha value is -2.23. The lowest BCUT2D eigenvalue weighted by Gasteiger charge is -2.07. The number of ether oxygens (including phenoxy) is 3. The maximum atomic E-state index is 11.5. The Balaban J connectivity index is 2.70. The van der Waals surface area contributed by atoms with Gasteiger partial charge in [-0.15, -0.1) is 0 Å². The van der Waals surface area contributed by atoms with E-state index in [1.807, 2.05) is 38.1 Å². The molecule has 0 aromatic heterocycles. The molecule has 0 amide bonds. The molecule has 0 N–H and O–H groups in total. The van der Waals surface area contributed by atoms with E-state index in [1.165, 1.54) is 6.08 Å². The highest BCUT2D eigenvalue weighted by Crippen LogP contribution is 2.25. The van der Waals surface area contributed by atoms with E-state index >= 15 is 0 Å². The number of esters is 1. The quantitative estimate of drug-likeness (QED) is 0.437. The van der Waals surface area contributed by atoms with Gasteiger partial charge in [-0.2, -0.15) is 0 Å². The van der Waals surface area contributed by atoms with Gasteiger partial charge in [-0.1, -0.05) is 25.2 Å². The number of methoxy groups -OCH3 is 2. The van der Waals surface area contributed by atoms with Crippen molar-refractivity contribution in [1.82, 2.24) is 0 Å². The van der Waals surface area contributed by atoms with Gasteiger partial charge in [-0.25, -0.2) is 4.79 Å². The number of carbonyl (C=O) groups excluding carboxylic acids is 1. The Labute approximate surface area is 126 Å². The van der Waals surface area contributed by atoms with Gasteiger partial charge < -0.3 is 14.2 Å². The van der Waals surface area contributed by atoms with Crippen LogP contribution in [0.25, 0.3) is 6.08 Å². The molecule has 0 bridgehead atoms. The van der Waals surface area contributed by atoms with E-state index in [9.17, 15) is 4.79 Å². The molecule has 1 atom stereocenters. The lowest BCUT2D eigenvalue weighted by Crippen LogP contribution is -2.11. The van der Waals surface area contributed by atoms with Crippen molar-refractivity contribution in [3.8, 4) is 11.5 Å². The van der Waals surface area contributed by atoms with Crippen molar-refractivity contribution in [2.45, 2.75) is 26.4 Å². The van der Waals surface area contributed by atoms with Crippen LogP contribution in [0, 0.1) is 0 Å². The van der Waals surface area contributed by atoms with Crippen molar-refractivity contribution in [3.05, 3.63) is 42.0 Å². The SMILES string of the molecule is CCC(C)OC(=O)/C=C/C=C/c1cc(OC)ccc1OC. The lowest BCUT2D eigenvalue weighted by atomic mass is 10.1. The third kappa shape index (κ3) is 5.73. The summed E-state index contributed by atoms with van der Waals surface area (Å²) in [5.74, 6) is 1.14. The monoisotopic (exact) mass is 290 g/mol. The highest BCUT2D eigenvalue weighted by atomic mass is 16.5. The second kappa shape index (κ2) is 8.84. The van der Waals surface area contributed by atoms with Crippen LogP contribution in [-0.2, 0) is 9.53 Å². The summed E-state index contributed by atoms with van der Waals surface area (Å²) in [6, 6.07) is 5.52. The summed E-state index contributed by atoms with van der Waals surface area (Å²) < 4.78 is 15.6. The van der Waals surface area contributed by atoms with Crippen LogP contribution < -0.4 is 9.47 Å². The largest absolute Gasteiger partial charge is 0.497 e. The maximum Gasteiger partial charge on any atom is 0.331 e. The summed E-state index contributed by atoms with van der Waals surface area (Å²) in [7, 11) is 3.22. The Morgan fingerprint density at radius 3 is 2.62 bits per heavy atom. The van der Waals surface area contributed by atoms with Gasteiger partial charge in [0.25, 0.3) is 0 Å². The number of benzene rings is 1. The molecule has 0 aliphatic heterocycles. The highest BCUT2D eigenvalue weighted by molar-refractivity contribution is 5.82. The van der Waals surface area contributed by atoms with E-state index in [4.69, 9.17) is 14.2 Å². The standard InChI is InChI=1S/C17H22O4/c1-5-13(2)21-17(18)9-7-6-8-14-12-15(19-3)10-11-16(14)20-4/h6-13H,5H2,1-4H3/b8-6+,9-7+. The molecular weight excluding hydrogens is 268 g/mol. The average molecular weight is 290 g/mol. The van der Waals surface area contributed by atoms with Crippen molar-refractivity contribution < 1.29 is 19.0 Å². The summed E-state index contributed by atoms with van der Waals surface area (Å²) in [6.07, 6.45) is 7.38. The molecule has 4 nitrogen and oxygen atoms in total. The first-order chi connectivity index (χ1) is 10.1. The first kappa shape index (κ1) is 16.8. The number of carbonyl (C=O) groups is 1. The number of hydrogen-bond acceptors (Lipinski definition) is 4. The van der Waals surface area contributed by atoms with Crippen LogP contribution in [0.1, 0.15) is 25.8 Å². The second-order valence-electron chi connectivity index (χ2n) is 4.48. The molecule has 0 saturated carbocycles. The van der Waals surface area contributed by atoms with Crippen LogP contribution in [-0.4, -0.2) is 26.3 Å². The third-order valence-corrected chi connectivity index (χ3v) is 2.95. The van der Waals surface area contributed by atoms with Crippen molar-refractivity contribution in [1.29, 1.82) is 0 Å². The summed E-state index contributed by atoms with van der Waals surface area (Å²) >= 11 is 0. The van der Waals surface area contributed by atoms with E-state index in [0.717, 1.165) is 23.5 Å². The van der Waals surface area contributed by atoms with Gasteiger partial charge in [-0.05, 0) is 31.5 Å². The van der Waals surface area contributed by atoms with Gasteiger partial charge in [0, 0.05) is 11.6 Å². The molecule has 0 heterocycles. The molecule has 1 aromatic rings. The van der Waals surface area contributed by atoms with Crippen LogP contribution >= 0.6 is 0 Å². The zero-order chi connectivity index (χ0) is 15.7. The summed E-state index contributed by atoms with van der Waals surface area (Å²) in [4.78, 5) is 11.5. The molecule has 0 spiro atoms. The molecule has 21 heavy (non-hydrogen) atoms. The molecular formula is C17H22O4. The molecule has 4 heteroatoms. The van der Waals surface area contributed by atoms with Crippen LogP contribution in [0.2, 0.25) is 0 Å². The lowest BCUT2D eigenvalue weighted by molar-refractivity contribution is -0.142. The van der Waals surface area contributed by atoms with Crippen LogP contribution in [0.3, 0.4) is 0 Å². The first-order valence-corrected chi connectivity index (χ1v) is 6.88. The minimum Gasteiger partial charge on any atom is -0.497 e. The fourth-order valence-corrected chi connectivity index (χ4v) is 1.58. The van der Waals surface area contributed by atoms with Crippen molar-refractivity contribution in [2.75, 3.05) is 14.2 Å². The Bertz CT molecular complexity index is 518. The predicted molar refractivity (Wildman–Crippen MR) is 83.6 cm³/mol. The van der Waals surface area contributed by atoms with Gasteiger partial charge in [0.15, 0.2) is 0 Å². The van der Waals surface area contributed by atoms with E-state index in [-0.39, 0.29) is 12.1 Å². The molecule has 0 fully saturated rings. The minimum absolute atomic E-state index is 0.0652. The topological polar surface area (TPSA) is 44.8 Å². The van der Waals surface area contributed by atoms with Gasteiger partial charge in [-0.3, -0.25) is 0 Å². The molecule has 0 aliphatic carbocycles. The van der Waals surface area contributed by atoms with Gasteiger partial charge in [0.1, 0.15) is 11.5 Å². The molecule has 0 saturated heterocycles. The van der Waals surface area contributed by atoms with E-state index < -0.39 is 0 Å². The average Bonchev–Trinajstić information content (AvgIpc) is 2.51. The van der Waals surface area contributed by atoms with Gasteiger partial charge >= 0.3 is 5.97 Å². The van der Waals surface area contributed by atoms with E-state index in [1.54, 1.807) is 26.4 Å². The van der Waals surface area contributed by atoms with Crippen LogP contribution in [0.15, 0.2) is 36.4 Å². The predicted octanol–water partition coefficient (Wildman–Crippen LogP) is 3.61. The van der Waals surface area contributed by atoms with E-state index in [0.29, 0.717) is 0 Å². The second-order valence-corrected chi connectivity index (χ2v) is 4.48. The van der Waals surface area contributed by atoms with Crippen molar-refractivity contribution >= 4 is 12.0 Å². The molecule has 114 valence electrons. The Morgan fingerprint density at radius 2 is 2.00 bits per heavy atom. The summed E-state index contributed by atoms with van der Waals surface area (Å²) in [5.41, 5.74) is 0.872. The zero-order valence-corrected chi connectivity index (χ0v) is 13.0. The zero-order valence-electron chi connectivity index (χ0n) is 13.0. The Morgan fingerprint density at radius 1 is 1.24 bits per heavy atom. The first-order valence-electron chi connectivity index (χ1n) is 6.88. The van der Waals surface area contributed by atoms with Gasteiger partial charge in [0.05, 0.1) is 20.3 Å². The fourth-order valence-electron chi connectivity index (χ4n) is 1.58. The molecule has 1 unspecified atom stereocenters. The summed E-state index contributed by atoms with van der Waals surface area (Å²) in [5, 5.41) is 0. The normalized spacial score (nSPS) is 12.6. The summed E-state index contributed by atoms with van der Waals surface area (Å²) in [6.45, 7) is 3.83. The van der Waals surface area contributed by atoms with Crippen molar-refractivity contribution in [2.24, 2.45) is 0 Å². The van der Waals surface area contributed by atoms with Crippen LogP contribution in [0.4, 0.5) is 0 Å². The molecule has 1 aromatic carbocycles. The Kier molecular flexibility index (Phi) is 7.09. The molecule has 0 aliphatic rings. The molecule has 0 radical (unpaired) electrons. The fraction of sp³-hybridized carbons (Fsp3) is 0.353. The molecule has 1 rings (SSSR count). The number of hydrogen-bond donors (Lipinski definition) is 0. The van der Waals surface area contributed by atoms with E-state index in [2.05, 4.69) is 0 Å². The van der Waals surface area contributed by atoms with Crippen molar-refractivity contribution in [3.63, 3.8) is 0 Å². The maximum absolute atomic E-state index is 11.5. The van der Waals surface area contributed by atoms with Gasteiger partial charge in [0.2, 0.25) is 0 Å². The number of rotatable bonds is 7. The van der Waals surface area contributed by atoms with Crippen LogP contribution in [0.5, 0.6) is 11.5 Å². The smallest absolute Gasteiger partial charge is 0.331 e. The highest BCUT2D eigenvalue weighted by Gasteiger charge is 2.03.